The van der Waals surface area contributed by atoms with Crippen LogP contribution in [-0.4, -0.2) is 35.9 Å². The number of nitrogens with zero attached hydrogens (tertiary/aromatic N) is 2. The molecule has 9 heteroatoms. The second kappa shape index (κ2) is 6.18. The minimum absolute atomic E-state index is 0.0127. The first kappa shape index (κ1) is 14.7. The summed E-state index contributed by atoms with van der Waals surface area (Å²) in [6.07, 6.45) is 1.45. The minimum atomic E-state index is -0.713. The molecule has 2 aromatic rings. The second-order valence-electron chi connectivity index (χ2n) is 3.85. The van der Waals surface area contributed by atoms with Crippen LogP contribution in [0, 0.1) is 0 Å². The quantitative estimate of drug-likeness (QED) is 0.756. The Balaban J connectivity index is 2.26. The van der Waals surface area contributed by atoms with E-state index in [1.165, 1.54) is 25.4 Å². The molecule has 0 fully saturated rings. The second-order valence-corrected chi connectivity index (χ2v) is 4.85. The van der Waals surface area contributed by atoms with Crippen LogP contribution in [0.4, 0.5) is 10.1 Å². The molecule has 21 heavy (non-hydrogen) atoms. The maximum absolute atomic E-state index is 12.2. The Morgan fingerprint density at radius 1 is 1.43 bits per heavy atom. The topological polar surface area (TPSA) is 119 Å². The number of hydrogen-bond acceptors (Lipinski definition) is 7. The van der Waals surface area contributed by atoms with E-state index in [-0.39, 0.29) is 10.7 Å². The van der Waals surface area contributed by atoms with Crippen molar-refractivity contribution in [1.82, 2.24) is 9.97 Å². The fourth-order valence-electron chi connectivity index (χ4n) is 1.52. The number of pyridine rings is 1. The van der Waals surface area contributed by atoms with Crippen molar-refractivity contribution in [3.8, 4) is 5.88 Å². The highest BCUT2D eigenvalue weighted by Crippen LogP contribution is 2.28. The van der Waals surface area contributed by atoms with E-state index in [1.807, 2.05) is 0 Å². The van der Waals surface area contributed by atoms with Crippen LogP contribution < -0.4 is 21.1 Å². The zero-order chi connectivity index (χ0) is 15.4. The Hall–Kier alpha value is -2.68. The summed E-state index contributed by atoms with van der Waals surface area (Å²) < 4.78 is 4.95. The van der Waals surface area contributed by atoms with E-state index in [4.69, 9.17) is 10.5 Å². The molecule has 0 saturated heterocycles. The Kier molecular flexibility index (Phi) is 4.33. The molecule has 0 atom stereocenters. The zero-order valence-electron chi connectivity index (χ0n) is 11.3. The number of amides is 2. The van der Waals surface area contributed by atoms with Crippen molar-refractivity contribution in [2.45, 2.75) is 0 Å². The molecule has 0 spiro atoms. The number of rotatable bonds is 5. The third kappa shape index (κ3) is 3.26. The maximum atomic E-state index is 12.2. The van der Waals surface area contributed by atoms with E-state index < -0.39 is 11.8 Å². The molecule has 0 unspecified atom stereocenters. The summed E-state index contributed by atoms with van der Waals surface area (Å²) in [6, 6.07) is 3.01. The van der Waals surface area contributed by atoms with Gasteiger partial charge in [0.2, 0.25) is 5.88 Å². The largest absolute Gasteiger partial charge is 0.481 e. The van der Waals surface area contributed by atoms with Gasteiger partial charge in [-0.2, -0.15) is 0 Å². The van der Waals surface area contributed by atoms with Crippen LogP contribution in [-0.2, 0) is 0 Å². The number of anilines is 2. The number of carbonyl (C=O) groups is 2. The Morgan fingerprint density at radius 3 is 2.81 bits per heavy atom. The van der Waals surface area contributed by atoms with Crippen molar-refractivity contribution in [2.75, 3.05) is 24.8 Å². The lowest BCUT2D eigenvalue weighted by molar-refractivity contribution is 0.0997. The number of nitrogens with one attached hydrogen (secondary N) is 2. The van der Waals surface area contributed by atoms with Gasteiger partial charge in [-0.1, -0.05) is 11.3 Å². The van der Waals surface area contributed by atoms with Crippen molar-refractivity contribution in [3.05, 3.63) is 29.6 Å². The fraction of sp³-hybridized carbons (Fsp3) is 0.167. The summed E-state index contributed by atoms with van der Waals surface area (Å²) in [6.45, 7) is 0. The summed E-state index contributed by atoms with van der Waals surface area (Å²) in [5.74, 6) is -0.808. The fourth-order valence-corrected chi connectivity index (χ4v) is 2.34. The van der Waals surface area contributed by atoms with E-state index in [9.17, 15) is 9.59 Å². The van der Waals surface area contributed by atoms with E-state index in [2.05, 4.69) is 20.6 Å². The smallest absolute Gasteiger partial charge is 0.270 e. The predicted molar refractivity (Wildman–Crippen MR) is 78.9 cm³/mol. The number of carbonyl (C=O) groups excluding carboxylic acids is 2. The molecule has 0 bridgehead atoms. The molecule has 0 saturated carbocycles. The monoisotopic (exact) mass is 307 g/mol. The Morgan fingerprint density at radius 2 is 2.19 bits per heavy atom. The first-order valence-corrected chi connectivity index (χ1v) is 6.66. The number of aromatic nitrogens is 2. The van der Waals surface area contributed by atoms with Gasteiger partial charge in [0, 0.05) is 24.9 Å². The molecular formula is C12H13N5O3S. The van der Waals surface area contributed by atoms with Crippen molar-refractivity contribution in [2.24, 2.45) is 5.73 Å². The molecular weight excluding hydrogens is 294 g/mol. The first-order valence-electron chi connectivity index (χ1n) is 5.85. The van der Waals surface area contributed by atoms with Crippen LogP contribution in [0.25, 0.3) is 0 Å². The molecule has 0 radical (unpaired) electrons. The van der Waals surface area contributed by atoms with E-state index in [1.54, 1.807) is 7.05 Å². The van der Waals surface area contributed by atoms with Gasteiger partial charge in [0.05, 0.1) is 7.11 Å². The third-order valence-corrected chi connectivity index (χ3v) is 3.50. The highest BCUT2D eigenvalue weighted by atomic mass is 32.1. The summed E-state index contributed by atoms with van der Waals surface area (Å²) in [5, 5.41) is 6.16. The molecule has 0 aromatic carbocycles. The number of primary amides is 1. The van der Waals surface area contributed by atoms with Gasteiger partial charge in [-0.15, -0.1) is 0 Å². The molecule has 2 heterocycles. The standard InChI is InChI=1S/C12H13N5O3S/c1-14-12-16-8(9(13)18)11(21-12)17-10(19)6-3-4-15-7(5-6)20-2/h3-5H,1-2H3,(H2,13,18)(H,14,16)(H,17,19). The highest BCUT2D eigenvalue weighted by molar-refractivity contribution is 7.20. The molecule has 4 N–H and O–H groups in total. The SMILES string of the molecule is CNc1nc(C(N)=O)c(NC(=O)c2ccnc(OC)c2)s1. The summed E-state index contributed by atoms with van der Waals surface area (Å²) in [4.78, 5) is 31.4. The van der Waals surface area contributed by atoms with Gasteiger partial charge in [-0.05, 0) is 6.07 Å². The molecule has 8 nitrogen and oxygen atoms in total. The summed E-state index contributed by atoms with van der Waals surface area (Å²) in [7, 11) is 3.11. The Labute approximate surface area is 124 Å². The van der Waals surface area contributed by atoms with Gasteiger partial charge >= 0.3 is 0 Å². The van der Waals surface area contributed by atoms with Crippen LogP contribution in [0.3, 0.4) is 0 Å². The van der Waals surface area contributed by atoms with Crippen molar-refractivity contribution in [3.63, 3.8) is 0 Å². The molecule has 0 aliphatic rings. The van der Waals surface area contributed by atoms with E-state index in [0.717, 1.165) is 11.3 Å². The number of hydrogen-bond donors (Lipinski definition) is 3. The molecule has 110 valence electrons. The van der Waals surface area contributed by atoms with Crippen molar-refractivity contribution >= 4 is 33.3 Å². The normalized spacial score (nSPS) is 10.0. The zero-order valence-corrected chi connectivity index (χ0v) is 12.2. The van der Waals surface area contributed by atoms with Crippen LogP contribution in [0.5, 0.6) is 5.88 Å². The van der Waals surface area contributed by atoms with Gasteiger partial charge in [0.15, 0.2) is 10.8 Å². The molecule has 0 aliphatic heterocycles. The lowest BCUT2D eigenvalue weighted by Gasteiger charge is -2.04. The number of thiazole rings is 1. The van der Waals surface area contributed by atoms with Gasteiger partial charge in [0.25, 0.3) is 11.8 Å². The van der Waals surface area contributed by atoms with Gasteiger partial charge < -0.3 is 21.1 Å². The molecule has 2 aromatic heterocycles. The predicted octanol–water partition coefficient (Wildman–Crippen LogP) is 0.940. The van der Waals surface area contributed by atoms with Gasteiger partial charge in [0.1, 0.15) is 5.00 Å². The van der Waals surface area contributed by atoms with Gasteiger partial charge in [-0.25, -0.2) is 9.97 Å². The van der Waals surface area contributed by atoms with Gasteiger partial charge in [-0.3, -0.25) is 9.59 Å². The number of nitrogens with two attached hydrogens (primary N) is 1. The number of methoxy groups -OCH3 is 1. The first-order chi connectivity index (χ1) is 10.0. The van der Waals surface area contributed by atoms with Crippen molar-refractivity contribution in [1.29, 1.82) is 0 Å². The lowest BCUT2D eigenvalue weighted by Crippen LogP contribution is -2.17. The van der Waals surface area contributed by atoms with Crippen LogP contribution >= 0.6 is 11.3 Å². The molecule has 2 rings (SSSR count). The molecule has 0 aliphatic carbocycles. The van der Waals surface area contributed by atoms with Crippen LogP contribution in [0.15, 0.2) is 18.3 Å². The van der Waals surface area contributed by atoms with E-state index >= 15 is 0 Å². The Bertz CT molecular complexity index is 685. The maximum Gasteiger partial charge on any atom is 0.270 e. The minimum Gasteiger partial charge on any atom is -0.481 e. The average molecular weight is 307 g/mol. The van der Waals surface area contributed by atoms with Crippen molar-refractivity contribution < 1.29 is 14.3 Å². The highest BCUT2D eigenvalue weighted by Gasteiger charge is 2.18. The third-order valence-electron chi connectivity index (χ3n) is 2.51. The van der Waals surface area contributed by atoms with Crippen LogP contribution in [0.1, 0.15) is 20.8 Å². The average Bonchev–Trinajstić information content (AvgIpc) is 2.90. The lowest BCUT2D eigenvalue weighted by atomic mass is 10.2. The summed E-state index contributed by atoms with van der Waals surface area (Å²) >= 11 is 1.12. The summed E-state index contributed by atoms with van der Waals surface area (Å²) in [5.41, 5.74) is 5.60. The molecule has 2 amide bonds. The van der Waals surface area contributed by atoms with Crippen LogP contribution in [0.2, 0.25) is 0 Å². The number of ether oxygens (including phenoxy) is 1. The van der Waals surface area contributed by atoms with E-state index in [0.29, 0.717) is 16.6 Å².